The van der Waals surface area contributed by atoms with Gasteiger partial charge in [-0.05, 0) is 48.7 Å². The van der Waals surface area contributed by atoms with Crippen molar-refractivity contribution in [2.24, 2.45) is 4.99 Å². The van der Waals surface area contributed by atoms with Crippen molar-refractivity contribution in [2.45, 2.75) is 20.0 Å². The number of pyridine rings is 1. The number of aromatic nitrogens is 2. The van der Waals surface area contributed by atoms with Gasteiger partial charge in [0.05, 0.1) is 11.3 Å². The number of aliphatic imine (C=N–C) groups is 1. The molecular weight excluding hydrogens is 394 g/mol. The first kappa shape index (κ1) is 18.7. The number of nitrogens with one attached hydrogen (secondary N) is 2. The highest BCUT2D eigenvalue weighted by atomic mass is 35.5. The normalized spacial score (nSPS) is 13.6. The van der Waals surface area contributed by atoms with Crippen LogP contribution in [0.15, 0.2) is 46.9 Å². The van der Waals surface area contributed by atoms with Gasteiger partial charge in [-0.25, -0.2) is 9.97 Å². The Labute approximate surface area is 172 Å². The van der Waals surface area contributed by atoms with Crippen LogP contribution in [0, 0.1) is 6.92 Å². The average Bonchev–Trinajstić information content (AvgIpc) is 3.18. The number of anilines is 1. The maximum absolute atomic E-state index is 6.11. The summed E-state index contributed by atoms with van der Waals surface area (Å²) in [5, 5.41) is 9.93. The van der Waals surface area contributed by atoms with Gasteiger partial charge in [0.15, 0.2) is 11.1 Å². The summed E-state index contributed by atoms with van der Waals surface area (Å²) in [5.41, 5.74) is 3.83. The van der Waals surface area contributed by atoms with Gasteiger partial charge in [-0.3, -0.25) is 4.99 Å². The lowest BCUT2D eigenvalue weighted by Gasteiger charge is -2.14. The summed E-state index contributed by atoms with van der Waals surface area (Å²) in [5.74, 6) is 1.32. The molecule has 0 aliphatic carbocycles. The molecule has 0 atom stereocenters. The van der Waals surface area contributed by atoms with Crippen molar-refractivity contribution in [3.8, 4) is 17.1 Å². The minimum Gasteiger partial charge on any atom is -0.472 e. The molecule has 6 nitrogen and oxygen atoms in total. The van der Waals surface area contributed by atoms with Crippen LogP contribution in [0.4, 0.5) is 5.13 Å². The van der Waals surface area contributed by atoms with Crippen LogP contribution in [0.25, 0.3) is 11.3 Å². The Morgan fingerprint density at radius 1 is 1.32 bits per heavy atom. The SMILES string of the molecule is Cc1ccc(Cl)cc1COc1ncccc1-c1csc(NC2=NCCCN2)n1. The van der Waals surface area contributed by atoms with Crippen molar-refractivity contribution in [3.05, 3.63) is 58.1 Å². The van der Waals surface area contributed by atoms with E-state index >= 15 is 0 Å². The fraction of sp³-hybridized carbons (Fsp3) is 0.250. The van der Waals surface area contributed by atoms with Crippen molar-refractivity contribution < 1.29 is 4.74 Å². The highest BCUT2D eigenvalue weighted by Gasteiger charge is 2.13. The third kappa shape index (κ3) is 4.43. The van der Waals surface area contributed by atoms with E-state index in [1.807, 2.05) is 42.6 Å². The van der Waals surface area contributed by atoms with E-state index in [1.165, 1.54) is 11.3 Å². The van der Waals surface area contributed by atoms with Gasteiger partial charge >= 0.3 is 0 Å². The van der Waals surface area contributed by atoms with Crippen LogP contribution in [0.1, 0.15) is 17.5 Å². The number of thiazole rings is 1. The molecule has 3 aromatic rings. The molecule has 1 aromatic carbocycles. The highest BCUT2D eigenvalue weighted by Crippen LogP contribution is 2.31. The van der Waals surface area contributed by atoms with Gasteiger partial charge in [0.25, 0.3) is 0 Å². The Balaban J connectivity index is 1.51. The standard InChI is InChI=1S/C20H20ClN5OS/c1-13-5-6-15(21)10-14(13)11-27-18-16(4-2-7-22-18)17-12-28-20(25-17)26-19-23-8-3-9-24-19/h2,4-7,10,12H,3,8-9,11H2,1H3,(H2,23,24,25,26). The van der Waals surface area contributed by atoms with Gasteiger partial charge in [0, 0.05) is 29.7 Å². The smallest absolute Gasteiger partial charge is 0.223 e. The van der Waals surface area contributed by atoms with Crippen molar-refractivity contribution >= 4 is 34.0 Å². The molecule has 8 heteroatoms. The molecule has 0 fully saturated rings. The number of hydrogen-bond donors (Lipinski definition) is 2. The molecular formula is C20H20ClN5OS. The second-order valence-corrected chi connectivity index (χ2v) is 7.68. The van der Waals surface area contributed by atoms with Crippen LogP contribution in [0.5, 0.6) is 5.88 Å². The highest BCUT2D eigenvalue weighted by molar-refractivity contribution is 7.14. The Bertz CT molecular complexity index is 1000. The van der Waals surface area contributed by atoms with E-state index in [0.717, 1.165) is 53.0 Å². The molecule has 1 aliphatic rings. The van der Waals surface area contributed by atoms with Crippen molar-refractivity contribution in [1.82, 2.24) is 15.3 Å². The van der Waals surface area contributed by atoms with Crippen molar-refractivity contribution in [2.75, 3.05) is 18.4 Å². The summed E-state index contributed by atoms with van der Waals surface area (Å²) < 4.78 is 6.01. The van der Waals surface area contributed by atoms with Crippen LogP contribution >= 0.6 is 22.9 Å². The number of rotatable bonds is 5. The summed E-state index contributed by atoms with van der Waals surface area (Å²) in [6.45, 7) is 4.19. The van der Waals surface area contributed by atoms with Gasteiger partial charge in [0.1, 0.15) is 6.61 Å². The van der Waals surface area contributed by atoms with Crippen LogP contribution < -0.4 is 15.4 Å². The van der Waals surface area contributed by atoms with E-state index in [2.05, 4.69) is 25.6 Å². The molecule has 0 bridgehead atoms. The molecule has 4 rings (SSSR count). The van der Waals surface area contributed by atoms with Crippen molar-refractivity contribution in [3.63, 3.8) is 0 Å². The summed E-state index contributed by atoms with van der Waals surface area (Å²) in [6.07, 6.45) is 2.77. The van der Waals surface area contributed by atoms with Crippen LogP contribution in [-0.4, -0.2) is 29.0 Å². The average molecular weight is 414 g/mol. The molecule has 144 valence electrons. The van der Waals surface area contributed by atoms with E-state index in [-0.39, 0.29) is 0 Å². The minimum absolute atomic E-state index is 0.395. The zero-order chi connectivity index (χ0) is 19.3. The van der Waals surface area contributed by atoms with E-state index in [0.29, 0.717) is 17.5 Å². The molecule has 28 heavy (non-hydrogen) atoms. The number of hydrogen-bond acceptors (Lipinski definition) is 7. The Morgan fingerprint density at radius 3 is 3.11 bits per heavy atom. The molecule has 0 unspecified atom stereocenters. The van der Waals surface area contributed by atoms with E-state index in [1.54, 1.807) is 6.20 Å². The first-order valence-corrected chi connectivity index (χ1v) is 10.3. The Hall–Kier alpha value is -2.64. The lowest BCUT2D eigenvalue weighted by Crippen LogP contribution is -2.35. The fourth-order valence-electron chi connectivity index (χ4n) is 2.81. The lowest BCUT2D eigenvalue weighted by molar-refractivity contribution is 0.294. The Morgan fingerprint density at radius 2 is 2.25 bits per heavy atom. The summed E-state index contributed by atoms with van der Waals surface area (Å²) in [6, 6.07) is 9.62. The maximum Gasteiger partial charge on any atom is 0.223 e. The summed E-state index contributed by atoms with van der Waals surface area (Å²) in [7, 11) is 0. The monoisotopic (exact) mass is 413 g/mol. The predicted molar refractivity (Wildman–Crippen MR) is 114 cm³/mol. The zero-order valence-electron chi connectivity index (χ0n) is 15.4. The van der Waals surface area contributed by atoms with Gasteiger partial charge in [-0.1, -0.05) is 17.7 Å². The largest absolute Gasteiger partial charge is 0.472 e. The molecule has 2 aromatic heterocycles. The van der Waals surface area contributed by atoms with E-state index < -0.39 is 0 Å². The molecule has 0 amide bonds. The van der Waals surface area contributed by atoms with Gasteiger partial charge in [0.2, 0.25) is 5.88 Å². The van der Waals surface area contributed by atoms with Crippen LogP contribution in [0.2, 0.25) is 5.02 Å². The Kier molecular flexibility index (Phi) is 5.73. The molecule has 2 N–H and O–H groups in total. The molecule has 0 saturated heterocycles. The topological polar surface area (TPSA) is 71.4 Å². The van der Waals surface area contributed by atoms with Gasteiger partial charge < -0.3 is 15.4 Å². The van der Waals surface area contributed by atoms with Gasteiger partial charge in [-0.15, -0.1) is 11.3 Å². The quantitative estimate of drug-likeness (QED) is 0.644. The molecule has 0 spiro atoms. The lowest BCUT2D eigenvalue weighted by atomic mass is 10.1. The number of guanidine groups is 1. The molecule has 1 aliphatic heterocycles. The number of aryl methyl sites for hydroxylation is 1. The zero-order valence-corrected chi connectivity index (χ0v) is 17.0. The second kappa shape index (κ2) is 8.58. The van der Waals surface area contributed by atoms with Crippen LogP contribution in [-0.2, 0) is 6.61 Å². The number of nitrogens with zero attached hydrogens (tertiary/aromatic N) is 3. The third-order valence-corrected chi connectivity index (χ3v) is 5.34. The van der Waals surface area contributed by atoms with E-state index in [4.69, 9.17) is 16.3 Å². The summed E-state index contributed by atoms with van der Waals surface area (Å²) in [4.78, 5) is 13.5. The third-order valence-electron chi connectivity index (χ3n) is 4.35. The second-order valence-electron chi connectivity index (χ2n) is 6.39. The van der Waals surface area contributed by atoms with Crippen molar-refractivity contribution in [1.29, 1.82) is 0 Å². The molecule has 3 heterocycles. The predicted octanol–water partition coefficient (Wildman–Crippen LogP) is 4.51. The maximum atomic E-state index is 6.11. The summed E-state index contributed by atoms with van der Waals surface area (Å²) >= 11 is 7.63. The molecule has 0 saturated carbocycles. The first-order valence-electron chi connectivity index (χ1n) is 9.03. The minimum atomic E-state index is 0.395. The fourth-order valence-corrected chi connectivity index (χ4v) is 3.72. The molecule has 0 radical (unpaired) electrons. The first-order chi connectivity index (χ1) is 13.7. The number of benzene rings is 1. The number of halogens is 1. The number of ether oxygens (including phenoxy) is 1. The van der Waals surface area contributed by atoms with Crippen LogP contribution in [0.3, 0.4) is 0 Å². The van der Waals surface area contributed by atoms with E-state index in [9.17, 15) is 0 Å². The van der Waals surface area contributed by atoms with Gasteiger partial charge in [-0.2, -0.15) is 0 Å².